The number of H-pyrrole nitrogens is 1. The molecule has 1 unspecified atom stereocenters. The van der Waals surface area contributed by atoms with Crippen LogP contribution in [0.5, 0.6) is 0 Å². The minimum absolute atomic E-state index is 0.0634. The molecule has 1 aromatic heterocycles. The molecule has 2 heterocycles. The second-order valence-electron chi connectivity index (χ2n) is 10.2. The van der Waals surface area contributed by atoms with Gasteiger partial charge in [-0.2, -0.15) is 5.26 Å². The summed E-state index contributed by atoms with van der Waals surface area (Å²) in [6, 6.07) is 2.22. The molecule has 1 N–H and O–H groups in total. The standard InChI is InChI=1S/C26H46N4O9P2/c1-9-36-41(33,37-10-2)16-11-13-21-22(39-40(35-15-12-14-27)30(18(3)4)19(5)6)23(34-8)25(38-21)29-17-20(7)24(31)28-26(29)32/h17-19,21-23,25H,9-13,15-16H2,1-8H3,(H,28,31,32)/t21-,22-,23-,25-,40?/m1/s1. The third kappa shape index (κ3) is 9.78. The Labute approximate surface area is 243 Å². The van der Waals surface area contributed by atoms with Crippen molar-refractivity contribution in [1.29, 1.82) is 5.26 Å². The van der Waals surface area contributed by atoms with Gasteiger partial charge in [-0.15, -0.1) is 0 Å². The zero-order valence-corrected chi connectivity index (χ0v) is 27.2. The maximum absolute atomic E-state index is 13.1. The predicted molar refractivity (Wildman–Crippen MR) is 156 cm³/mol. The van der Waals surface area contributed by atoms with Gasteiger partial charge in [-0.25, -0.2) is 9.46 Å². The molecule has 1 aliphatic heterocycles. The second kappa shape index (κ2) is 17.0. The van der Waals surface area contributed by atoms with E-state index in [-0.39, 0.29) is 44.5 Å². The molecule has 234 valence electrons. The van der Waals surface area contributed by atoms with Gasteiger partial charge in [-0.1, -0.05) is 0 Å². The van der Waals surface area contributed by atoms with E-state index >= 15 is 0 Å². The van der Waals surface area contributed by atoms with Crippen LogP contribution in [0.15, 0.2) is 15.8 Å². The van der Waals surface area contributed by atoms with E-state index in [0.29, 0.717) is 18.4 Å². The van der Waals surface area contributed by atoms with Gasteiger partial charge >= 0.3 is 13.3 Å². The predicted octanol–water partition coefficient (Wildman–Crippen LogP) is 4.46. The first-order valence-electron chi connectivity index (χ1n) is 14.1. The van der Waals surface area contributed by atoms with Gasteiger partial charge in [0.2, 0.25) is 0 Å². The van der Waals surface area contributed by atoms with Crippen LogP contribution in [0.25, 0.3) is 0 Å². The fraction of sp³-hybridized carbons (Fsp3) is 0.808. The average molecular weight is 621 g/mol. The number of nitriles is 1. The van der Waals surface area contributed by atoms with Gasteiger partial charge in [-0.05, 0) is 61.3 Å². The van der Waals surface area contributed by atoms with E-state index in [1.54, 1.807) is 20.8 Å². The van der Waals surface area contributed by atoms with E-state index in [4.69, 9.17) is 32.8 Å². The molecular formula is C26H46N4O9P2. The molecule has 0 aromatic carbocycles. The number of aromatic nitrogens is 2. The van der Waals surface area contributed by atoms with E-state index in [1.165, 1.54) is 17.9 Å². The highest BCUT2D eigenvalue weighted by atomic mass is 31.2. The number of aryl methyl sites for hydroxylation is 1. The van der Waals surface area contributed by atoms with E-state index in [1.807, 2.05) is 27.7 Å². The maximum Gasteiger partial charge on any atom is 0.330 e. The normalized spacial score (nSPS) is 22.1. The van der Waals surface area contributed by atoms with Crippen molar-refractivity contribution in [3.05, 3.63) is 32.6 Å². The Kier molecular flexibility index (Phi) is 14.8. The van der Waals surface area contributed by atoms with Crippen LogP contribution in [0.3, 0.4) is 0 Å². The van der Waals surface area contributed by atoms with Gasteiger partial charge in [-0.3, -0.25) is 18.9 Å². The van der Waals surface area contributed by atoms with Crippen molar-refractivity contribution in [3.63, 3.8) is 0 Å². The van der Waals surface area contributed by atoms with Crippen molar-refractivity contribution in [1.82, 2.24) is 14.2 Å². The van der Waals surface area contributed by atoms with Crippen LogP contribution in [0, 0.1) is 18.3 Å². The molecule has 15 heteroatoms. The summed E-state index contributed by atoms with van der Waals surface area (Å²) in [5.74, 6) is 0. The quantitative estimate of drug-likeness (QED) is 0.183. The molecular weight excluding hydrogens is 574 g/mol. The van der Waals surface area contributed by atoms with Crippen molar-refractivity contribution in [2.75, 3.05) is 33.1 Å². The molecule has 41 heavy (non-hydrogen) atoms. The Morgan fingerprint density at radius 1 is 1.17 bits per heavy atom. The van der Waals surface area contributed by atoms with Crippen molar-refractivity contribution in [3.8, 4) is 6.07 Å². The number of aromatic amines is 1. The Balaban J connectivity index is 2.46. The zero-order chi connectivity index (χ0) is 30.7. The van der Waals surface area contributed by atoms with Crippen molar-refractivity contribution in [2.24, 2.45) is 0 Å². The lowest BCUT2D eigenvalue weighted by atomic mass is 10.1. The van der Waals surface area contributed by atoms with E-state index < -0.39 is 51.9 Å². The lowest BCUT2D eigenvalue weighted by molar-refractivity contribution is -0.0548. The first kappa shape index (κ1) is 35.7. The van der Waals surface area contributed by atoms with Crippen LogP contribution in [0.2, 0.25) is 0 Å². The van der Waals surface area contributed by atoms with Gasteiger partial charge in [0.25, 0.3) is 14.1 Å². The van der Waals surface area contributed by atoms with Crippen LogP contribution >= 0.6 is 16.1 Å². The maximum atomic E-state index is 13.1. The highest BCUT2D eigenvalue weighted by molar-refractivity contribution is 7.53. The van der Waals surface area contributed by atoms with Crippen LogP contribution < -0.4 is 11.2 Å². The number of rotatable bonds is 18. The molecule has 0 amide bonds. The Bertz CT molecular complexity index is 1130. The van der Waals surface area contributed by atoms with E-state index in [9.17, 15) is 14.2 Å². The largest absolute Gasteiger partial charge is 0.374 e. The summed E-state index contributed by atoms with van der Waals surface area (Å²) in [5.41, 5.74) is -0.780. The molecule has 1 saturated heterocycles. The molecule has 0 spiro atoms. The van der Waals surface area contributed by atoms with Gasteiger partial charge in [0.15, 0.2) is 6.23 Å². The molecule has 5 atom stereocenters. The third-order valence-electron chi connectivity index (χ3n) is 6.42. The molecule has 0 aliphatic carbocycles. The fourth-order valence-electron chi connectivity index (χ4n) is 4.76. The number of ether oxygens (including phenoxy) is 2. The van der Waals surface area contributed by atoms with Gasteiger partial charge < -0.3 is 27.6 Å². The number of nitrogens with one attached hydrogen (secondary N) is 1. The van der Waals surface area contributed by atoms with Crippen LogP contribution in [0.1, 0.15) is 72.6 Å². The number of nitrogens with zero attached hydrogens (tertiary/aromatic N) is 3. The molecule has 1 fully saturated rings. The highest BCUT2D eigenvalue weighted by Crippen LogP contribution is 2.52. The summed E-state index contributed by atoms with van der Waals surface area (Å²) in [4.78, 5) is 27.2. The number of hydrogen-bond donors (Lipinski definition) is 1. The van der Waals surface area contributed by atoms with Crippen LogP contribution in [-0.2, 0) is 32.1 Å². The van der Waals surface area contributed by atoms with E-state index in [2.05, 4.69) is 15.7 Å². The van der Waals surface area contributed by atoms with Crippen molar-refractivity contribution in [2.45, 2.75) is 104 Å². The molecule has 0 saturated carbocycles. The summed E-state index contributed by atoms with van der Waals surface area (Å²) < 4.78 is 52.4. The minimum Gasteiger partial charge on any atom is -0.374 e. The summed E-state index contributed by atoms with van der Waals surface area (Å²) >= 11 is 0. The fourth-order valence-corrected chi connectivity index (χ4v) is 8.22. The summed E-state index contributed by atoms with van der Waals surface area (Å²) in [6.45, 7) is 14.0. The zero-order valence-electron chi connectivity index (χ0n) is 25.4. The minimum atomic E-state index is -3.28. The lowest BCUT2D eigenvalue weighted by Crippen LogP contribution is -2.41. The Morgan fingerprint density at radius 2 is 1.80 bits per heavy atom. The monoisotopic (exact) mass is 620 g/mol. The molecule has 1 aromatic rings. The lowest BCUT2D eigenvalue weighted by Gasteiger charge is -2.38. The Morgan fingerprint density at radius 3 is 2.34 bits per heavy atom. The van der Waals surface area contributed by atoms with Crippen LogP contribution in [0.4, 0.5) is 0 Å². The van der Waals surface area contributed by atoms with Gasteiger partial charge in [0.1, 0.15) is 12.2 Å². The summed E-state index contributed by atoms with van der Waals surface area (Å²) in [6.07, 6.45) is -0.311. The van der Waals surface area contributed by atoms with Crippen molar-refractivity contribution < 1.29 is 32.1 Å². The molecule has 0 radical (unpaired) electrons. The highest BCUT2D eigenvalue weighted by Gasteiger charge is 2.49. The molecule has 13 nitrogen and oxygen atoms in total. The van der Waals surface area contributed by atoms with E-state index in [0.717, 1.165) is 0 Å². The first-order valence-corrected chi connectivity index (χ1v) is 16.9. The van der Waals surface area contributed by atoms with Crippen molar-refractivity contribution >= 4 is 16.1 Å². The molecule has 1 aliphatic rings. The smallest absolute Gasteiger partial charge is 0.330 e. The summed E-state index contributed by atoms with van der Waals surface area (Å²) in [5, 5.41) is 9.09. The third-order valence-corrected chi connectivity index (χ3v) is 10.7. The number of methoxy groups -OCH3 is 1. The Hall–Kier alpha value is -1.45. The average Bonchev–Trinajstić information content (AvgIpc) is 3.22. The van der Waals surface area contributed by atoms with Gasteiger partial charge in [0.05, 0.1) is 44.6 Å². The topological polar surface area (TPSA) is 154 Å². The summed E-state index contributed by atoms with van der Waals surface area (Å²) in [7, 11) is -3.45. The van der Waals surface area contributed by atoms with Gasteiger partial charge in [0, 0.05) is 31.0 Å². The number of hydrogen-bond acceptors (Lipinski definition) is 11. The first-order chi connectivity index (χ1) is 19.4. The molecule has 0 bridgehead atoms. The molecule has 2 rings (SSSR count). The second-order valence-corrected chi connectivity index (χ2v) is 13.8. The van der Waals surface area contributed by atoms with Crippen LogP contribution in [-0.4, -0.2) is 77.7 Å². The SMILES string of the molecule is CCOP(=O)(CCC[C@H]1O[C@@H](n2cc(C)c(=O)[nH]c2=O)[C@H](OC)[C@@H]1OP(OCCC#N)N(C(C)C)C(C)C)OCC.